The molecular formula is C29H33ClN4O6S. The Kier molecular flexibility index (Phi) is 10.1. The van der Waals surface area contributed by atoms with E-state index in [0.29, 0.717) is 10.6 Å². The highest BCUT2D eigenvalue weighted by Crippen LogP contribution is 2.25. The van der Waals surface area contributed by atoms with E-state index >= 15 is 0 Å². The number of benzene rings is 3. The van der Waals surface area contributed by atoms with Crippen LogP contribution in [0.4, 0.5) is 11.4 Å². The third-order valence-electron chi connectivity index (χ3n) is 6.02. The van der Waals surface area contributed by atoms with Gasteiger partial charge in [-0.05, 0) is 50.1 Å². The lowest BCUT2D eigenvalue weighted by Gasteiger charge is -2.35. The van der Waals surface area contributed by atoms with Gasteiger partial charge in [0.2, 0.25) is 21.8 Å². The summed E-state index contributed by atoms with van der Waals surface area (Å²) >= 11 is 6.21. The number of nitrogens with zero attached hydrogens (tertiary/aromatic N) is 3. The van der Waals surface area contributed by atoms with Crippen molar-refractivity contribution in [3.05, 3.63) is 105 Å². The van der Waals surface area contributed by atoms with Crippen LogP contribution in [-0.2, 0) is 32.6 Å². The number of amides is 2. The second-order valence-corrected chi connectivity index (χ2v) is 13.0. The van der Waals surface area contributed by atoms with Crippen molar-refractivity contribution in [3.8, 4) is 0 Å². The van der Waals surface area contributed by atoms with Gasteiger partial charge in [-0.2, -0.15) is 0 Å². The SMILES string of the molecule is CC(C)(C)NC(=O)[C@H](Cc1ccccc1)N(Cc1cccc(Cl)c1)C(=O)CN(c1cccc([N+](=O)[O-])c1)S(C)(=O)=O. The molecule has 0 bridgehead atoms. The number of halogens is 1. The van der Waals surface area contributed by atoms with Crippen LogP contribution in [0, 0.1) is 10.1 Å². The van der Waals surface area contributed by atoms with Gasteiger partial charge in [-0.3, -0.25) is 24.0 Å². The Balaban J connectivity index is 2.09. The molecule has 0 heterocycles. The van der Waals surface area contributed by atoms with E-state index < -0.39 is 44.9 Å². The van der Waals surface area contributed by atoms with Gasteiger partial charge in [0, 0.05) is 35.7 Å². The molecule has 218 valence electrons. The number of rotatable bonds is 11. The zero-order chi connectivity index (χ0) is 30.4. The molecule has 0 fully saturated rings. The van der Waals surface area contributed by atoms with Crippen molar-refractivity contribution >= 4 is 44.8 Å². The van der Waals surface area contributed by atoms with E-state index in [9.17, 15) is 28.1 Å². The van der Waals surface area contributed by atoms with Crippen molar-refractivity contribution in [2.45, 2.75) is 45.3 Å². The summed E-state index contributed by atoms with van der Waals surface area (Å²) in [5.41, 5.74) is 0.443. The molecule has 3 aromatic carbocycles. The number of non-ortho nitro benzene ring substituents is 1. The first kappa shape index (κ1) is 31.6. The van der Waals surface area contributed by atoms with E-state index in [-0.39, 0.29) is 24.3 Å². The zero-order valence-electron chi connectivity index (χ0n) is 23.3. The van der Waals surface area contributed by atoms with Crippen LogP contribution in [-0.4, -0.2) is 54.4 Å². The summed E-state index contributed by atoms with van der Waals surface area (Å²) in [6.07, 6.45) is 1.07. The summed E-state index contributed by atoms with van der Waals surface area (Å²) in [6, 6.07) is 20.0. The molecule has 3 aromatic rings. The lowest BCUT2D eigenvalue weighted by atomic mass is 10.0. The molecule has 0 radical (unpaired) electrons. The summed E-state index contributed by atoms with van der Waals surface area (Å²) in [5, 5.41) is 14.7. The molecule has 1 N–H and O–H groups in total. The molecule has 0 aliphatic carbocycles. The van der Waals surface area contributed by atoms with Crippen molar-refractivity contribution in [2.75, 3.05) is 17.1 Å². The third kappa shape index (κ3) is 9.29. The molecule has 1 atom stereocenters. The Bertz CT molecular complexity index is 1510. The molecule has 0 saturated heterocycles. The van der Waals surface area contributed by atoms with Gasteiger partial charge < -0.3 is 10.2 Å². The number of hydrogen-bond donors (Lipinski definition) is 1. The standard InChI is InChI=1S/C29H33ClN4O6S/c1-29(2,3)31-28(36)26(17-21-10-6-5-7-11-21)32(19-22-12-8-13-23(30)16-22)27(35)20-33(41(4,39)40)24-14-9-15-25(18-24)34(37)38/h5-16,18,26H,17,19-20H2,1-4H3,(H,31,36)/t26-/m0/s1. The zero-order valence-corrected chi connectivity index (χ0v) is 24.9. The van der Waals surface area contributed by atoms with E-state index in [1.807, 2.05) is 51.1 Å². The molecule has 41 heavy (non-hydrogen) atoms. The average Bonchev–Trinajstić information content (AvgIpc) is 2.88. The van der Waals surface area contributed by atoms with Crippen LogP contribution in [0.3, 0.4) is 0 Å². The van der Waals surface area contributed by atoms with Crippen LogP contribution >= 0.6 is 11.6 Å². The van der Waals surface area contributed by atoms with Crippen molar-refractivity contribution in [1.82, 2.24) is 10.2 Å². The van der Waals surface area contributed by atoms with Crippen molar-refractivity contribution in [3.63, 3.8) is 0 Å². The highest BCUT2D eigenvalue weighted by Gasteiger charge is 2.34. The van der Waals surface area contributed by atoms with Crippen molar-refractivity contribution < 1.29 is 22.9 Å². The molecule has 0 aliphatic rings. The first-order valence-corrected chi connectivity index (χ1v) is 15.0. The van der Waals surface area contributed by atoms with Gasteiger partial charge in [-0.25, -0.2) is 8.42 Å². The fourth-order valence-electron chi connectivity index (χ4n) is 4.21. The monoisotopic (exact) mass is 600 g/mol. The number of nitrogens with one attached hydrogen (secondary N) is 1. The van der Waals surface area contributed by atoms with Crippen LogP contribution in [0.15, 0.2) is 78.9 Å². The lowest BCUT2D eigenvalue weighted by Crippen LogP contribution is -2.56. The summed E-state index contributed by atoms with van der Waals surface area (Å²) in [7, 11) is -4.06. The van der Waals surface area contributed by atoms with Gasteiger partial charge >= 0.3 is 0 Å². The van der Waals surface area contributed by atoms with Gasteiger partial charge in [0.1, 0.15) is 12.6 Å². The minimum absolute atomic E-state index is 0.0407. The van der Waals surface area contributed by atoms with E-state index in [4.69, 9.17) is 11.6 Å². The first-order chi connectivity index (χ1) is 19.1. The molecule has 0 aromatic heterocycles. The topological polar surface area (TPSA) is 130 Å². The Hall–Kier alpha value is -3.96. The normalized spacial score (nSPS) is 12.3. The molecule has 0 aliphatic heterocycles. The maximum absolute atomic E-state index is 14.1. The van der Waals surface area contributed by atoms with Crippen LogP contribution in [0.1, 0.15) is 31.9 Å². The highest BCUT2D eigenvalue weighted by atomic mass is 35.5. The van der Waals surface area contributed by atoms with E-state index in [0.717, 1.165) is 22.2 Å². The summed E-state index contributed by atoms with van der Waals surface area (Å²) < 4.78 is 26.5. The van der Waals surface area contributed by atoms with Gasteiger partial charge in [0.15, 0.2) is 0 Å². The molecule has 0 spiro atoms. The smallest absolute Gasteiger partial charge is 0.271 e. The van der Waals surface area contributed by atoms with Gasteiger partial charge in [-0.15, -0.1) is 0 Å². The van der Waals surface area contributed by atoms with Gasteiger partial charge in [-0.1, -0.05) is 60.1 Å². The van der Waals surface area contributed by atoms with E-state index in [2.05, 4.69) is 5.32 Å². The minimum Gasteiger partial charge on any atom is -0.350 e. The van der Waals surface area contributed by atoms with Crippen LogP contribution in [0.5, 0.6) is 0 Å². The fraction of sp³-hybridized carbons (Fsp3) is 0.310. The predicted molar refractivity (Wildman–Crippen MR) is 159 cm³/mol. The van der Waals surface area contributed by atoms with E-state index in [1.54, 1.807) is 24.3 Å². The Morgan fingerprint density at radius 3 is 2.20 bits per heavy atom. The number of carbonyl (C=O) groups excluding carboxylic acids is 2. The molecule has 0 unspecified atom stereocenters. The lowest BCUT2D eigenvalue weighted by molar-refractivity contribution is -0.384. The number of hydrogen-bond acceptors (Lipinski definition) is 6. The largest absolute Gasteiger partial charge is 0.350 e. The Morgan fingerprint density at radius 1 is 0.976 bits per heavy atom. The second kappa shape index (κ2) is 13.1. The minimum atomic E-state index is -4.06. The molecule has 0 saturated carbocycles. The van der Waals surface area contributed by atoms with Crippen LogP contribution in [0.2, 0.25) is 5.02 Å². The van der Waals surface area contributed by atoms with E-state index in [1.165, 1.54) is 23.1 Å². The Morgan fingerprint density at radius 2 is 1.61 bits per heavy atom. The maximum atomic E-state index is 14.1. The Labute approximate surface area is 245 Å². The molecule has 3 rings (SSSR count). The van der Waals surface area contributed by atoms with Crippen LogP contribution in [0.25, 0.3) is 0 Å². The van der Waals surface area contributed by atoms with Crippen LogP contribution < -0.4 is 9.62 Å². The van der Waals surface area contributed by atoms with Gasteiger partial charge in [0.05, 0.1) is 16.9 Å². The fourth-order valence-corrected chi connectivity index (χ4v) is 5.27. The number of nitro groups is 1. The number of nitro benzene ring substituents is 1. The van der Waals surface area contributed by atoms with Gasteiger partial charge in [0.25, 0.3) is 5.69 Å². The summed E-state index contributed by atoms with van der Waals surface area (Å²) in [6.45, 7) is 4.74. The molecule has 12 heteroatoms. The first-order valence-electron chi connectivity index (χ1n) is 12.8. The summed E-state index contributed by atoms with van der Waals surface area (Å²) in [4.78, 5) is 39.8. The third-order valence-corrected chi connectivity index (χ3v) is 7.39. The molecule has 2 amide bonds. The predicted octanol–water partition coefficient (Wildman–Crippen LogP) is 4.57. The number of carbonyl (C=O) groups is 2. The second-order valence-electron chi connectivity index (χ2n) is 10.6. The number of anilines is 1. The van der Waals surface area contributed by atoms with Crippen molar-refractivity contribution in [1.29, 1.82) is 0 Å². The van der Waals surface area contributed by atoms with Crippen molar-refractivity contribution in [2.24, 2.45) is 0 Å². The highest BCUT2D eigenvalue weighted by molar-refractivity contribution is 7.92. The average molecular weight is 601 g/mol. The summed E-state index contributed by atoms with van der Waals surface area (Å²) in [5.74, 6) is -1.09. The number of sulfonamides is 1. The molecular weight excluding hydrogens is 568 g/mol. The maximum Gasteiger partial charge on any atom is 0.271 e. The quantitative estimate of drug-likeness (QED) is 0.253. The molecule has 10 nitrogen and oxygen atoms in total.